The lowest BCUT2D eigenvalue weighted by Crippen LogP contribution is -2.29. The lowest BCUT2D eigenvalue weighted by atomic mass is 9.76. The first-order valence-corrected chi connectivity index (χ1v) is 7.04. The quantitative estimate of drug-likeness (QED) is 0.800. The molecule has 19 heavy (non-hydrogen) atoms. The smallest absolute Gasteiger partial charge is 0.255 e. The molecular formula is C14H19ClN2O2. The van der Waals surface area contributed by atoms with Gasteiger partial charge in [0.2, 0.25) is 0 Å². The Labute approximate surface area is 118 Å². The molecule has 1 aliphatic carbocycles. The molecule has 104 valence electrons. The van der Waals surface area contributed by atoms with Gasteiger partial charge in [0.05, 0.1) is 17.8 Å². The zero-order chi connectivity index (χ0) is 14.2. The second kappa shape index (κ2) is 5.45. The zero-order valence-electron chi connectivity index (χ0n) is 11.5. The van der Waals surface area contributed by atoms with E-state index < -0.39 is 5.24 Å². The number of hydrogen-bond acceptors (Lipinski definition) is 3. The van der Waals surface area contributed by atoms with Gasteiger partial charge < -0.3 is 0 Å². The normalized spacial score (nSPS) is 27.3. The van der Waals surface area contributed by atoms with E-state index in [2.05, 4.69) is 12.0 Å². The van der Waals surface area contributed by atoms with Gasteiger partial charge >= 0.3 is 0 Å². The Morgan fingerprint density at radius 1 is 1.42 bits per heavy atom. The van der Waals surface area contributed by atoms with Gasteiger partial charge in [-0.2, -0.15) is 5.10 Å². The molecule has 0 amide bonds. The van der Waals surface area contributed by atoms with E-state index in [9.17, 15) is 9.59 Å². The van der Waals surface area contributed by atoms with E-state index in [0.29, 0.717) is 11.5 Å². The predicted molar refractivity (Wildman–Crippen MR) is 73.4 cm³/mol. The summed E-state index contributed by atoms with van der Waals surface area (Å²) in [6, 6.07) is 0.260. The maximum Gasteiger partial charge on any atom is 0.255 e. The van der Waals surface area contributed by atoms with Gasteiger partial charge in [-0.05, 0) is 50.6 Å². The first kappa shape index (κ1) is 14.3. The fraction of sp³-hybridized carbons (Fsp3) is 0.643. The molecule has 1 aromatic heterocycles. The van der Waals surface area contributed by atoms with Gasteiger partial charge in [0, 0.05) is 11.6 Å². The van der Waals surface area contributed by atoms with Gasteiger partial charge in [0.15, 0.2) is 0 Å². The van der Waals surface area contributed by atoms with E-state index in [1.165, 1.54) is 6.20 Å². The van der Waals surface area contributed by atoms with E-state index in [-0.39, 0.29) is 17.7 Å². The zero-order valence-corrected chi connectivity index (χ0v) is 12.3. The monoisotopic (exact) mass is 282 g/mol. The SMILES string of the molecule is CC(=O)[C@H]1CC[C@H](n2ncc(C(=O)Cl)c2C)C[C@H]1C. The summed E-state index contributed by atoms with van der Waals surface area (Å²) >= 11 is 5.52. The second-order valence-electron chi connectivity index (χ2n) is 5.52. The molecule has 1 saturated carbocycles. The molecule has 4 nitrogen and oxygen atoms in total. The maximum atomic E-state index is 11.5. The number of carbonyl (C=O) groups excluding carboxylic acids is 2. The third-order valence-electron chi connectivity index (χ3n) is 4.27. The third kappa shape index (κ3) is 2.73. The molecule has 1 aromatic rings. The average molecular weight is 283 g/mol. The number of carbonyl (C=O) groups is 2. The van der Waals surface area contributed by atoms with Crippen LogP contribution in [0.5, 0.6) is 0 Å². The summed E-state index contributed by atoms with van der Waals surface area (Å²) in [4.78, 5) is 22.8. The van der Waals surface area contributed by atoms with Crippen molar-refractivity contribution in [3.05, 3.63) is 17.5 Å². The maximum absolute atomic E-state index is 11.5. The van der Waals surface area contributed by atoms with Crippen LogP contribution in [0.1, 0.15) is 55.2 Å². The van der Waals surface area contributed by atoms with Crippen LogP contribution in [-0.4, -0.2) is 20.8 Å². The first-order valence-electron chi connectivity index (χ1n) is 6.66. The highest BCUT2D eigenvalue weighted by Crippen LogP contribution is 2.37. The summed E-state index contributed by atoms with van der Waals surface area (Å²) in [6.45, 7) is 5.65. The molecule has 0 spiro atoms. The van der Waals surface area contributed by atoms with Gasteiger partial charge in [-0.25, -0.2) is 0 Å². The van der Waals surface area contributed by atoms with E-state index in [1.54, 1.807) is 6.92 Å². The molecule has 3 atom stereocenters. The Bertz CT molecular complexity index is 510. The van der Waals surface area contributed by atoms with Crippen molar-refractivity contribution in [2.75, 3.05) is 0 Å². The van der Waals surface area contributed by atoms with Crippen LogP contribution in [0.25, 0.3) is 0 Å². The number of nitrogens with zero attached hydrogens (tertiary/aromatic N) is 2. The van der Waals surface area contributed by atoms with Crippen LogP contribution < -0.4 is 0 Å². The highest BCUT2D eigenvalue weighted by atomic mass is 35.5. The second-order valence-corrected chi connectivity index (χ2v) is 5.87. The molecule has 0 radical (unpaired) electrons. The third-order valence-corrected chi connectivity index (χ3v) is 4.47. The highest BCUT2D eigenvalue weighted by molar-refractivity contribution is 6.67. The van der Waals surface area contributed by atoms with Gasteiger partial charge in [0.25, 0.3) is 5.24 Å². The number of aromatic nitrogens is 2. The molecular weight excluding hydrogens is 264 g/mol. The van der Waals surface area contributed by atoms with Crippen LogP contribution in [0.15, 0.2) is 6.20 Å². The lowest BCUT2D eigenvalue weighted by Gasteiger charge is -2.33. The van der Waals surface area contributed by atoms with Crippen LogP contribution in [0.2, 0.25) is 0 Å². The van der Waals surface area contributed by atoms with Crippen LogP contribution in [0.3, 0.4) is 0 Å². The molecule has 0 saturated heterocycles. The average Bonchev–Trinajstić information content (AvgIpc) is 2.70. The standard InChI is InChI=1S/C14H19ClN2O2/c1-8-6-11(4-5-12(8)10(3)18)17-9(2)13(7-16-17)14(15)19/h7-8,11-12H,4-6H2,1-3H3/t8-,11+,12+/m1/s1. The molecule has 0 N–H and O–H groups in total. The molecule has 0 aromatic carbocycles. The van der Waals surface area contributed by atoms with Crippen molar-refractivity contribution >= 4 is 22.6 Å². The Balaban J connectivity index is 2.17. The molecule has 1 fully saturated rings. The molecule has 1 aliphatic rings. The molecule has 0 bridgehead atoms. The number of hydrogen-bond donors (Lipinski definition) is 0. The van der Waals surface area contributed by atoms with Gasteiger partial charge in [-0.3, -0.25) is 14.3 Å². The van der Waals surface area contributed by atoms with Crippen molar-refractivity contribution in [2.24, 2.45) is 11.8 Å². The van der Waals surface area contributed by atoms with Crippen molar-refractivity contribution in [1.82, 2.24) is 9.78 Å². The molecule has 0 aliphatic heterocycles. The van der Waals surface area contributed by atoms with E-state index in [0.717, 1.165) is 25.0 Å². The highest BCUT2D eigenvalue weighted by Gasteiger charge is 2.32. The van der Waals surface area contributed by atoms with Crippen molar-refractivity contribution in [2.45, 2.75) is 46.1 Å². The minimum absolute atomic E-state index is 0.168. The summed E-state index contributed by atoms with van der Waals surface area (Å²) in [5, 5.41) is 3.83. The van der Waals surface area contributed by atoms with E-state index >= 15 is 0 Å². The number of Topliss-reactive ketones (excluding diaryl/α,β-unsaturated/α-hetero) is 1. The summed E-state index contributed by atoms with van der Waals surface area (Å²) in [5.41, 5.74) is 1.29. The Morgan fingerprint density at radius 3 is 2.58 bits per heavy atom. The molecule has 0 unspecified atom stereocenters. The molecule has 1 heterocycles. The number of ketones is 1. The van der Waals surface area contributed by atoms with Crippen LogP contribution in [0.4, 0.5) is 0 Å². The van der Waals surface area contributed by atoms with Crippen molar-refractivity contribution in [3.63, 3.8) is 0 Å². The van der Waals surface area contributed by atoms with Crippen molar-refractivity contribution in [3.8, 4) is 0 Å². The Kier molecular flexibility index (Phi) is 4.09. The summed E-state index contributed by atoms with van der Waals surface area (Å²) < 4.78 is 1.89. The summed E-state index contributed by atoms with van der Waals surface area (Å²) in [7, 11) is 0. The van der Waals surface area contributed by atoms with Crippen molar-refractivity contribution < 1.29 is 9.59 Å². The minimum atomic E-state index is -0.464. The lowest BCUT2D eigenvalue weighted by molar-refractivity contribution is -0.123. The van der Waals surface area contributed by atoms with Crippen LogP contribution in [-0.2, 0) is 4.79 Å². The summed E-state index contributed by atoms with van der Waals surface area (Å²) in [6.07, 6.45) is 4.27. The van der Waals surface area contributed by atoms with Gasteiger partial charge in [-0.15, -0.1) is 0 Å². The minimum Gasteiger partial charge on any atom is -0.300 e. The van der Waals surface area contributed by atoms with Crippen LogP contribution >= 0.6 is 11.6 Å². The topological polar surface area (TPSA) is 52.0 Å². The van der Waals surface area contributed by atoms with Crippen molar-refractivity contribution in [1.29, 1.82) is 0 Å². The fourth-order valence-electron chi connectivity index (χ4n) is 3.18. The fourth-order valence-corrected chi connectivity index (χ4v) is 3.36. The number of rotatable bonds is 3. The van der Waals surface area contributed by atoms with E-state index in [4.69, 9.17) is 11.6 Å². The predicted octanol–water partition coefficient (Wildman–Crippen LogP) is 3.14. The van der Waals surface area contributed by atoms with Gasteiger partial charge in [-0.1, -0.05) is 6.92 Å². The molecule has 5 heteroatoms. The largest absolute Gasteiger partial charge is 0.300 e. The number of halogens is 1. The summed E-state index contributed by atoms with van der Waals surface area (Å²) in [5.74, 6) is 0.802. The first-order chi connectivity index (χ1) is 8.91. The van der Waals surface area contributed by atoms with Crippen LogP contribution in [0, 0.1) is 18.8 Å². The Morgan fingerprint density at radius 2 is 2.11 bits per heavy atom. The molecule has 2 rings (SSSR count). The van der Waals surface area contributed by atoms with E-state index in [1.807, 2.05) is 11.6 Å². The van der Waals surface area contributed by atoms with Gasteiger partial charge in [0.1, 0.15) is 5.78 Å². The Hall–Kier alpha value is -1.16.